The Hall–Kier alpha value is -1.93. The summed E-state index contributed by atoms with van der Waals surface area (Å²) >= 11 is 3.49. The smallest absolute Gasteiger partial charge is 0.162 e. The Bertz CT molecular complexity index is 779. The highest BCUT2D eigenvalue weighted by Crippen LogP contribution is 2.22. The second-order valence-electron chi connectivity index (χ2n) is 5.70. The van der Waals surface area contributed by atoms with Crippen LogP contribution in [0.25, 0.3) is 16.8 Å². The fourth-order valence-corrected chi connectivity index (χ4v) is 3.07. The van der Waals surface area contributed by atoms with Gasteiger partial charge in [-0.2, -0.15) is 4.57 Å². The van der Waals surface area contributed by atoms with Crippen LogP contribution >= 0.6 is 15.9 Å². The highest BCUT2D eigenvalue weighted by molar-refractivity contribution is 9.10. The predicted octanol–water partition coefficient (Wildman–Crippen LogP) is 5.32. The molecule has 0 aliphatic carbocycles. The van der Waals surface area contributed by atoms with E-state index in [9.17, 15) is 0 Å². The Kier molecular flexibility index (Phi) is 4.12. The van der Waals surface area contributed by atoms with E-state index in [1.807, 2.05) is 0 Å². The minimum Gasteiger partial charge on any atom is -0.162 e. The van der Waals surface area contributed by atoms with Gasteiger partial charge in [0, 0.05) is 42.6 Å². The van der Waals surface area contributed by atoms with Gasteiger partial charge < -0.3 is 0 Å². The largest absolute Gasteiger partial charge is 0.211 e. The molecular weight excluding hydrogens is 334 g/mol. The van der Waals surface area contributed by atoms with Gasteiger partial charge in [0.05, 0.1) is 0 Å². The van der Waals surface area contributed by atoms with Crippen LogP contribution in [0.5, 0.6) is 0 Å². The quantitative estimate of drug-likeness (QED) is 0.549. The van der Waals surface area contributed by atoms with Crippen molar-refractivity contribution in [2.24, 2.45) is 0 Å². The van der Waals surface area contributed by atoms with Crippen molar-refractivity contribution in [3.63, 3.8) is 0 Å². The molecule has 1 heterocycles. The van der Waals surface area contributed by atoms with Gasteiger partial charge in [0.15, 0.2) is 11.4 Å². The zero-order chi connectivity index (χ0) is 15.7. The van der Waals surface area contributed by atoms with Crippen molar-refractivity contribution in [3.8, 4) is 16.8 Å². The number of rotatable bonds is 2. The van der Waals surface area contributed by atoms with Gasteiger partial charge in [-0.1, -0.05) is 45.8 Å². The molecule has 1 nitrogen and oxygen atoms in total. The van der Waals surface area contributed by atoms with E-state index in [0.29, 0.717) is 0 Å². The average Bonchev–Trinajstić information content (AvgIpc) is 2.49. The normalized spacial score (nSPS) is 10.7. The van der Waals surface area contributed by atoms with E-state index in [4.69, 9.17) is 0 Å². The molecule has 0 radical (unpaired) electrons. The molecule has 0 fully saturated rings. The number of aryl methyl sites for hydroxylation is 3. The van der Waals surface area contributed by atoms with E-state index in [-0.39, 0.29) is 0 Å². The first-order valence-corrected chi connectivity index (χ1v) is 8.20. The third-order valence-corrected chi connectivity index (χ3v) is 4.43. The van der Waals surface area contributed by atoms with Gasteiger partial charge in [-0.25, -0.2) is 0 Å². The van der Waals surface area contributed by atoms with Crippen molar-refractivity contribution >= 4 is 15.9 Å². The summed E-state index contributed by atoms with van der Waals surface area (Å²) in [6.07, 6.45) is 0. The fraction of sp³-hybridized carbons (Fsp3) is 0.150. The van der Waals surface area contributed by atoms with Crippen molar-refractivity contribution < 1.29 is 4.57 Å². The first-order chi connectivity index (χ1) is 10.5. The van der Waals surface area contributed by atoms with Crippen molar-refractivity contribution in [3.05, 3.63) is 82.1 Å². The summed E-state index contributed by atoms with van der Waals surface area (Å²) in [5.41, 5.74) is 7.48. The van der Waals surface area contributed by atoms with E-state index >= 15 is 0 Å². The summed E-state index contributed by atoms with van der Waals surface area (Å²) in [5.74, 6) is 0. The zero-order valence-electron chi connectivity index (χ0n) is 13.1. The monoisotopic (exact) mass is 352 g/mol. The molecule has 0 saturated heterocycles. The molecule has 0 spiro atoms. The van der Waals surface area contributed by atoms with Crippen molar-refractivity contribution in [2.45, 2.75) is 20.8 Å². The molecule has 2 aromatic carbocycles. The van der Waals surface area contributed by atoms with Crippen LogP contribution in [0.3, 0.4) is 0 Å². The topological polar surface area (TPSA) is 3.88 Å². The second-order valence-corrected chi connectivity index (χ2v) is 6.62. The molecule has 0 N–H and O–H groups in total. The fourth-order valence-electron chi connectivity index (χ4n) is 2.81. The number of halogens is 1. The van der Waals surface area contributed by atoms with Crippen LogP contribution in [-0.4, -0.2) is 0 Å². The maximum atomic E-state index is 3.49. The number of hydrogen-bond donors (Lipinski definition) is 0. The molecular formula is C20H19BrN+. The van der Waals surface area contributed by atoms with E-state index in [1.54, 1.807) is 0 Å². The molecule has 0 saturated carbocycles. The van der Waals surface area contributed by atoms with Gasteiger partial charge in [-0.15, -0.1) is 0 Å². The molecule has 0 atom stereocenters. The highest BCUT2D eigenvalue weighted by Gasteiger charge is 2.16. The number of nitrogens with zero attached hydrogens (tertiary/aromatic N) is 1. The highest BCUT2D eigenvalue weighted by atomic mass is 79.9. The van der Waals surface area contributed by atoms with Gasteiger partial charge in [0.2, 0.25) is 5.69 Å². The van der Waals surface area contributed by atoms with Crippen LogP contribution < -0.4 is 4.57 Å². The molecule has 110 valence electrons. The number of benzene rings is 2. The van der Waals surface area contributed by atoms with Crippen LogP contribution in [-0.2, 0) is 0 Å². The minimum absolute atomic E-state index is 1.10. The van der Waals surface area contributed by atoms with E-state index in [1.165, 1.54) is 33.8 Å². The zero-order valence-corrected chi connectivity index (χ0v) is 14.7. The van der Waals surface area contributed by atoms with Gasteiger partial charge in [-0.3, -0.25) is 0 Å². The standard InChI is InChI=1S/C20H19BrN/c1-14-4-6-17(7-5-14)18-12-15(2)22(16(3)13-18)20-10-8-19(21)9-11-20/h4-13H,1-3H3/q+1. The Labute approximate surface area is 140 Å². The van der Waals surface area contributed by atoms with Crippen LogP contribution in [0.15, 0.2) is 65.1 Å². The first-order valence-electron chi connectivity index (χ1n) is 7.41. The Balaban J connectivity index is 2.08. The summed E-state index contributed by atoms with van der Waals surface area (Å²) in [5, 5.41) is 0. The lowest BCUT2D eigenvalue weighted by Gasteiger charge is -2.08. The first kappa shape index (κ1) is 15.0. The summed E-state index contributed by atoms with van der Waals surface area (Å²) in [6, 6.07) is 21.6. The molecule has 0 aliphatic rings. The van der Waals surface area contributed by atoms with Crippen molar-refractivity contribution in [2.75, 3.05) is 0 Å². The Morgan fingerprint density at radius 3 is 1.77 bits per heavy atom. The van der Waals surface area contributed by atoms with Crippen molar-refractivity contribution in [1.82, 2.24) is 0 Å². The molecule has 2 heteroatoms. The molecule has 0 unspecified atom stereocenters. The SMILES string of the molecule is Cc1ccc(-c2cc(C)[n+](-c3ccc(Br)cc3)c(C)c2)cc1. The third kappa shape index (κ3) is 2.97. The third-order valence-electron chi connectivity index (χ3n) is 3.90. The lowest BCUT2D eigenvalue weighted by atomic mass is 10.0. The summed E-state index contributed by atoms with van der Waals surface area (Å²) in [4.78, 5) is 0. The molecule has 22 heavy (non-hydrogen) atoms. The van der Waals surface area contributed by atoms with E-state index in [2.05, 4.69) is 102 Å². The van der Waals surface area contributed by atoms with Crippen LogP contribution in [0.4, 0.5) is 0 Å². The predicted molar refractivity (Wildman–Crippen MR) is 95.3 cm³/mol. The molecule has 0 amide bonds. The molecule has 1 aromatic heterocycles. The lowest BCUT2D eigenvalue weighted by Crippen LogP contribution is -2.37. The van der Waals surface area contributed by atoms with Gasteiger partial charge >= 0.3 is 0 Å². The summed E-state index contributed by atoms with van der Waals surface area (Å²) in [7, 11) is 0. The maximum absolute atomic E-state index is 3.49. The van der Waals surface area contributed by atoms with Gasteiger partial charge in [-0.05, 0) is 30.2 Å². The number of aromatic nitrogens is 1. The summed E-state index contributed by atoms with van der Waals surface area (Å²) < 4.78 is 3.38. The number of pyridine rings is 1. The Morgan fingerprint density at radius 1 is 0.682 bits per heavy atom. The van der Waals surface area contributed by atoms with Crippen LogP contribution in [0.1, 0.15) is 17.0 Å². The molecule has 0 aliphatic heterocycles. The minimum atomic E-state index is 1.10. The van der Waals surface area contributed by atoms with E-state index < -0.39 is 0 Å². The molecule has 0 bridgehead atoms. The molecule has 3 aromatic rings. The van der Waals surface area contributed by atoms with Crippen molar-refractivity contribution in [1.29, 1.82) is 0 Å². The van der Waals surface area contributed by atoms with Crippen LogP contribution in [0, 0.1) is 20.8 Å². The van der Waals surface area contributed by atoms with Crippen LogP contribution in [0.2, 0.25) is 0 Å². The van der Waals surface area contributed by atoms with Gasteiger partial charge in [0.1, 0.15) is 0 Å². The maximum Gasteiger partial charge on any atom is 0.211 e. The number of hydrogen-bond acceptors (Lipinski definition) is 0. The summed E-state index contributed by atoms with van der Waals surface area (Å²) in [6.45, 7) is 6.44. The van der Waals surface area contributed by atoms with E-state index in [0.717, 1.165) is 4.47 Å². The average molecular weight is 353 g/mol. The van der Waals surface area contributed by atoms with Gasteiger partial charge in [0.25, 0.3) is 0 Å². The second kappa shape index (κ2) is 6.05. The molecule has 3 rings (SSSR count). The lowest BCUT2D eigenvalue weighted by molar-refractivity contribution is -0.609. The Morgan fingerprint density at radius 2 is 1.23 bits per heavy atom.